The van der Waals surface area contributed by atoms with Gasteiger partial charge in [0, 0.05) is 4.47 Å². The van der Waals surface area contributed by atoms with Gasteiger partial charge < -0.3 is 5.11 Å². The molecule has 0 aromatic heterocycles. The summed E-state index contributed by atoms with van der Waals surface area (Å²) in [7, 11) is 0. The van der Waals surface area contributed by atoms with Crippen molar-refractivity contribution in [2.24, 2.45) is 11.8 Å². The molecule has 1 aliphatic carbocycles. The molecule has 0 amide bonds. The van der Waals surface area contributed by atoms with Gasteiger partial charge in [0.25, 0.3) is 0 Å². The third kappa shape index (κ3) is 4.22. The minimum Gasteiger partial charge on any atom is -0.392 e. The summed E-state index contributed by atoms with van der Waals surface area (Å²) in [6.45, 7) is 0. The van der Waals surface area contributed by atoms with E-state index in [0.717, 1.165) is 10.0 Å². The molecule has 1 saturated carbocycles. The van der Waals surface area contributed by atoms with E-state index >= 15 is 0 Å². The number of aliphatic hydroxyl groups excluding tert-OH is 1. The molecule has 3 unspecified atom stereocenters. The summed E-state index contributed by atoms with van der Waals surface area (Å²) in [6, 6.07) is 7.53. The van der Waals surface area contributed by atoms with E-state index in [-0.39, 0.29) is 18.8 Å². The zero-order valence-electron chi connectivity index (χ0n) is 11.0. The normalized spacial score (nSPS) is 25.4. The highest BCUT2D eigenvalue weighted by Gasteiger charge is 2.43. The lowest BCUT2D eigenvalue weighted by Gasteiger charge is -2.33. The van der Waals surface area contributed by atoms with Gasteiger partial charge in [-0.3, -0.25) is 0 Å². The Morgan fingerprint density at radius 3 is 2.45 bits per heavy atom. The fourth-order valence-electron chi connectivity index (χ4n) is 2.90. The Morgan fingerprint density at radius 1 is 1.20 bits per heavy atom. The molecule has 1 nitrogen and oxygen atoms in total. The van der Waals surface area contributed by atoms with Gasteiger partial charge in [-0.15, -0.1) is 0 Å². The van der Waals surface area contributed by atoms with Crippen molar-refractivity contribution >= 4 is 15.9 Å². The maximum absolute atomic E-state index is 12.8. The molecule has 1 aliphatic rings. The monoisotopic (exact) mass is 350 g/mol. The van der Waals surface area contributed by atoms with Crippen LogP contribution in [0, 0.1) is 11.8 Å². The van der Waals surface area contributed by atoms with E-state index in [1.54, 1.807) is 0 Å². The summed E-state index contributed by atoms with van der Waals surface area (Å²) in [5.41, 5.74) is 0.954. The second kappa shape index (κ2) is 6.48. The first-order valence-electron chi connectivity index (χ1n) is 6.85. The van der Waals surface area contributed by atoms with Crippen molar-refractivity contribution in [2.75, 3.05) is 0 Å². The minimum atomic E-state index is -4.13. The molecule has 1 aromatic rings. The Bertz CT molecular complexity index is 430. The molecule has 1 fully saturated rings. The highest BCUT2D eigenvalue weighted by molar-refractivity contribution is 9.10. The van der Waals surface area contributed by atoms with Crippen molar-refractivity contribution in [3.63, 3.8) is 0 Å². The van der Waals surface area contributed by atoms with Crippen LogP contribution in [-0.2, 0) is 6.42 Å². The molecule has 0 heterocycles. The smallest absolute Gasteiger partial charge is 0.391 e. The van der Waals surface area contributed by atoms with E-state index in [2.05, 4.69) is 15.9 Å². The third-order valence-corrected chi connectivity index (χ3v) is 4.61. The molecular weight excluding hydrogens is 333 g/mol. The van der Waals surface area contributed by atoms with Crippen LogP contribution in [0.2, 0.25) is 0 Å². The number of aliphatic hydroxyl groups is 1. The summed E-state index contributed by atoms with van der Waals surface area (Å²) in [5, 5.41) is 10.2. The lowest BCUT2D eigenvalue weighted by Crippen LogP contribution is -2.34. The van der Waals surface area contributed by atoms with Crippen LogP contribution in [0.5, 0.6) is 0 Å². The van der Waals surface area contributed by atoms with Gasteiger partial charge in [0.15, 0.2) is 0 Å². The number of benzene rings is 1. The Kier molecular flexibility index (Phi) is 5.13. The molecule has 0 radical (unpaired) electrons. The first-order chi connectivity index (χ1) is 9.36. The van der Waals surface area contributed by atoms with Crippen molar-refractivity contribution in [3.8, 4) is 0 Å². The summed E-state index contributed by atoms with van der Waals surface area (Å²) in [4.78, 5) is 0. The fraction of sp³-hybridized carbons (Fsp3) is 0.600. The molecule has 0 spiro atoms. The standard InChI is InChI=1S/C15H18BrF3O/c16-13-6-4-10(5-7-13)8-14(20)11-2-1-3-12(9-11)15(17,18)19/h4-7,11-12,14,20H,1-3,8-9H2. The number of hydrogen-bond acceptors (Lipinski definition) is 1. The van der Waals surface area contributed by atoms with Gasteiger partial charge in [-0.1, -0.05) is 34.5 Å². The van der Waals surface area contributed by atoms with Crippen molar-refractivity contribution in [1.82, 2.24) is 0 Å². The van der Waals surface area contributed by atoms with E-state index in [1.165, 1.54) is 0 Å². The van der Waals surface area contributed by atoms with Crippen molar-refractivity contribution in [3.05, 3.63) is 34.3 Å². The highest BCUT2D eigenvalue weighted by atomic mass is 79.9. The van der Waals surface area contributed by atoms with Crippen LogP contribution in [0.1, 0.15) is 31.2 Å². The van der Waals surface area contributed by atoms with Crippen LogP contribution in [0.4, 0.5) is 13.2 Å². The fourth-order valence-corrected chi connectivity index (χ4v) is 3.17. The first kappa shape index (κ1) is 15.8. The Hall–Kier alpha value is -0.550. The molecule has 2 rings (SSSR count). The van der Waals surface area contributed by atoms with E-state index in [4.69, 9.17) is 0 Å². The number of hydrogen-bond donors (Lipinski definition) is 1. The number of halogens is 4. The van der Waals surface area contributed by atoms with Gasteiger partial charge in [-0.25, -0.2) is 0 Å². The van der Waals surface area contributed by atoms with Crippen molar-refractivity contribution < 1.29 is 18.3 Å². The second-order valence-corrected chi connectivity index (χ2v) is 6.48. The van der Waals surface area contributed by atoms with Crippen LogP contribution < -0.4 is 0 Å². The van der Waals surface area contributed by atoms with E-state index in [0.29, 0.717) is 19.3 Å². The first-order valence-corrected chi connectivity index (χ1v) is 7.65. The zero-order valence-corrected chi connectivity index (χ0v) is 12.6. The van der Waals surface area contributed by atoms with Gasteiger partial charge in [0.2, 0.25) is 0 Å². The van der Waals surface area contributed by atoms with Crippen LogP contribution in [-0.4, -0.2) is 17.4 Å². The maximum atomic E-state index is 12.8. The Labute approximate surface area is 125 Å². The van der Waals surface area contributed by atoms with Crippen LogP contribution >= 0.6 is 15.9 Å². The average Bonchev–Trinajstić information content (AvgIpc) is 2.40. The molecule has 0 bridgehead atoms. The van der Waals surface area contributed by atoms with E-state index in [1.807, 2.05) is 24.3 Å². The van der Waals surface area contributed by atoms with Crippen molar-refractivity contribution in [2.45, 2.75) is 44.4 Å². The minimum absolute atomic E-state index is 0.0567. The summed E-state index contributed by atoms with van der Waals surface area (Å²) < 4.78 is 39.2. The largest absolute Gasteiger partial charge is 0.392 e. The van der Waals surface area contributed by atoms with Crippen LogP contribution in [0.15, 0.2) is 28.7 Å². The molecule has 0 saturated heterocycles. The lowest BCUT2D eigenvalue weighted by molar-refractivity contribution is -0.188. The Morgan fingerprint density at radius 2 is 1.85 bits per heavy atom. The van der Waals surface area contributed by atoms with E-state index < -0.39 is 18.2 Å². The summed E-state index contributed by atoms with van der Waals surface area (Å²) >= 11 is 3.33. The molecule has 1 aromatic carbocycles. The quantitative estimate of drug-likeness (QED) is 0.835. The number of rotatable bonds is 3. The molecular formula is C15H18BrF3O. The Balaban J connectivity index is 1.95. The van der Waals surface area contributed by atoms with E-state index in [9.17, 15) is 18.3 Å². The SMILES string of the molecule is OC(Cc1ccc(Br)cc1)C1CCCC(C(F)(F)F)C1. The molecule has 3 atom stereocenters. The van der Waals surface area contributed by atoms with Crippen LogP contribution in [0.25, 0.3) is 0 Å². The summed E-state index contributed by atoms with van der Waals surface area (Å²) in [5.74, 6) is -1.50. The predicted octanol–water partition coefficient (Wildman–Crippen LogP) is 4.72. The third-order valence-electron chi connectivity index (χ3n) is 4.08. The van der Waals surface area contributed by atoms with Gasteiger partial charge in [-0.2, -0.15) is 13.2 Å². The van der Waals surface area contributed by atoms with Crippen molar-refractivity contribution in [1.29, 1.82) is 0 Å². The highest BCUT2D eigenvalue weighted by Crippen LogP contribution is 2.41. The topological polar surface area (TPSA) is 20.2 Å². The summed E-state index contributed by atoms with van der Waals surface area (Å²) in [6.07, 6.45) is -2.91. The van der Waals surface area contributed by atoms with Gasteiger partial charge >= 0.3 is 6.18 Å². The average molecular weight is 351 g/mol. The molecule has 0 aliphatic heterocycles. The molecule has 5 heteroatoms. The molecule has 112 valence electrons. The molecule has 20 heavy (non-hydrogen) atoms. The maximum Gasteiger partial charge on any atom is 0.391 e. The predicted molar refractivity (Wildman–Crippen MR) is 75.4 cm³/mol. The van der Waals surface area contributed by atoms with Crippen LogP contribution in [0.3, 0.4) is 0 Å². The lowest BCUT2D eigenvalue weighted by atomic mass is 9.77. The molecule has 1 N–H and O–H groups in total. The van der Waals surface area contributed by atoms with Gasteiger partial charge in [0.1, 0.15) is 0 Å². The van der Waals surface area contributed by atoms with Gasteiger partial charge in [0.05, 0.1) is 12.0 Å². The van der Waals surface area contributed by atoms with Gasteiger partial charge in [-0.05, 0) is 49.3 Å². The zero-order chi connectivity index (χ0) is 14.8. The second-order valence-electron chi connectivity index (χ2n) is 5.56. The number of alkyl halides is 3.